The summed E-state index contributed by atoms with van der Waals surface area (Å²) in [5.74, 6) is 0.187. The van der Waals surface area contributed by atoms with Crippen LogP contribution in [0.3, 0.4) is 0 Å². The Labute approximate surface area is 253 Å². The summed E-state index contributed by atoms with van der Waals surface area (Å²) in [6.07, 6.45) is 4.96. The van der Waals surface area contributed by atoms with Crippen molar-refractivity contribution in [2.24, 2.45) is 0 Å². The molecule has 4 heterocycles. The molecule has 0 N–H and O–H groups in total. The molecule has 0 aliphatic rings. The molecule has 1 radical (unpaired) electrons. The monoisotopic (exact) mass is 726 g/mol. The number of para-hydroxylation sites is 2. The molecule has 6 nitrogen and oxygen atoms in total. The number of imidazole rings is 1. The second-order valence-corrected chi connectivity index (χ2v) is 9.14. The van der Waals surface area contributed by atoms with Crippen molar-refractivity contribution in [1.82, 2.24) is 24.5 Å². The Morgan fingerprint density at radius 2 is 1.62 bits per heavy atom. The van der Waals surface area contributed by atoms with Gasteiger partial charge in [0.05, 0.1) is 17.6 Å². The van der Waals surface area contributed by atoms with Gasteiger partial charge < -0.3 is 14.0 Å². The van der Waals surface area contributed by atoms with Crippen molar-refractivity contribution in [3.8, 4) is 28.3 Å². The SMILES string of the molecule is Fc1c[c-]c(-c2nc3ncncc3n2-c2ccccc2)c2oc3ccccc3c12.[Ir].[c-]1ccccc1-c1ccccn1. The summed E-state index contributed by atoms with van der Waals surface area (Å²) in [5, 5.41) is 1.14. The minimum absolute atomic E-state index is 0. The van der Waals surface area contributed by atoms with Crippen molar-refractivity contribution in [3.63, 3.8) is 0 Å². The van der Waals surface area contributed by atoms with E-state index in [1.165, 1.54) is 12.4 Å². The molecule has 0 aliphatic heterocycles. The third-order valence-corrected chi connectivity index (χ3v) is 6.63. The van der Waals surface area contributed by atoms with Gasteiger partial charge in [-0.3, -0.25) is 9.37 Å². The first-order chi connectivity index (χ1) is 20.3. The smallest absolute Gasteiger partial charge is 0.171 e. The quantitative estimate of drug-likeness (QED) is 0.174. The average molecular weight is 726 g/mol. The van der Waals surface area contributed by atoms with E-state index in [9.17, 15) is 4.39 Å². The van der Waals surface area contributed by atoms with Crippen LogP contribution in [0.4, 0.5) is 4.39 Å². The maximum Gasteiger partial charge on any atom is 0.171 e. The Hall–Kier alpha value is -5.04. The summed E-state index contributed by atoms with van der Waals surface area (Å²) in [6.45, 7) is 0. The van der Waals surface area contributed by atoms with Gasteiger partial charge in [0, 0.05) is 43.2 Å². The van der Waals surface area contributed by atoms with E-state index in [0.717, 1.165) is 27.8 Å². The third-order valence-electron chi connectivity index (χ3n) is 6.63. The molecule has 0 bridgehead atoms. The zero-order valence-corrected chi connectivity index (χ0v) is 24.3. The number of hydrogen-bond donors (Lipinski definition) is 0. The number of hydrogen-bond acceptors (Lipinski definition) is 5. The molecule has 4 aromatic carbocycles. The molecule has 0 spiro atoms. The molecule has 8 heteroatoms. The van der Waals surface area contributed by atoms with E-state index < -0.39 is 0 Å². The van der Waals surface area contributed by atoms with Crippen LogP contribution in [0.5, 0.6) is 0 Å². The van der Waals surface area contributed by atoms with Crippen molar-refractivity contribution < 1.29 is 28.9 Å². The van der Waals surface area contributed by atoms with Crippen LogP contribution in [0.15, 0.2) is 126 Å². The number of nitrogens with zero attached hydrogens (tertiary/aromatic N) is 5. The maximum absolute atomic E-state index is 14.7. The Bertz CT molecular complexity index is 2080. The third kappa shape index (κ3) is 4.98. The van der Waals surface area contributed by atoms with Crippen LogP contribution in [0.2, 0.25) is 0 Å². The average Bonchev–Trinajstić information content (AvgIpc) is 3.63. The molecule has 8 aromatic rings. The Morgan fingerprint density at radius 3 is 2.43 bits per heavy atom. The van der Waals surface area contributed by atoms with Gasteiger partial charge >= 0.3 is 0 Å². The van der Waals surface area contributed by atoms with E-state index in [-0.39, 0.29) is 25.9 Å². The normalized spacial score (nSPS) is 10.8. The van der Waals surface area contributed by atoms with Crippen molar-refractivity contribution in [2.45, 2.75) is 0 Å². The summed E-state index contributed by atoms with van der Waals surface area (Å²) in [6, 6.07) is 38.3. The van der Waals surface area contributed by atoms with Crippen LogP contribution in [0.25, 0.3) is 61.4 Å². The minimum Gasteiger partial charge on any atom is -0.500 e. The number of fused-ring (bicyclic) bond motifs is 4. The fourth-order valence-electron chi connectivity index (χ4n) is 4.80. The molecular weight excluding hydrogens is 706 g/mol. The van der Waals surface area contributed by atoms with Gasteiger partial charge in [-0.1, -0.05) is 54.1 Å². The molecule has 42 heavy (non-hydrogen) atoms. The predicted molar refractivity (Wildman–Crippen MR) is 157 cm³/mol. The fraction of sp³-hybridized carbons (Fsp3) is 0. The number of pyridine rings is 1. The zero-order chi connectivity index (χ0) is 27.6. The molecule has 0 amide bonds. The second-order valence-electron chi connectivity index (χ2n) is 9.14. The van der Waals surface area contributed by atoms with Crippen molar-refractivity contribution in [3.05, 3.63) is 140 Å². The fourth-order valence-corrected chi connectivity index (χ4v) is 4.80. The van der Waals surface area contributed by atoms with Crippen LogP contribution in [0, 0.1) is 17.9 Å². The van der Waals surface area contributed by atoms with Crippen LogP contribution in [0.1, 0.15) is 0 Å². The first-order valence-electron chi connectivity index (χ1n) is 12.9. The van der Waals surface area contributed by atoms with E-state index in [4.69, 9.17) is 9.40 Å². The number of rotatable bonds is 3. The van der Waals surface area contributed by atoms with E-state index in [0.29, 0.717) is 33.6 Å². The first kappa shape index (κ1) is 27.1. The molecule has 0 saturated carbocycles. The van der Waals surface area contributed by atoms with Crippen molar-refractivity contribution in [2.75, 3.05) is 0 Å². The Kier molecular flexibility index (Phi) is 7.64. The summed E-state index contributed by atoms with van der Waals surface area (Å²) in [5.41, 5.74) is 5.78. The van der Waals surface area contributed by atoms with Crippen molar-refractivity contribution in [1.29, 1.82) is 0 Å². The van der Waals surface area contributed by atoms with Gasteiger partial charge in [-0.05, 0) is 35.3 Å². The number of furan rings is 1. The summed E-state index contributed by atoms with van der Waals surface area (Å²) in [7, 11) is 0. The predicted octanol–water partition coefficient (Wildman–Crippen LogP) is 7.87. The molecule has 0 fully saturated rings. The standard InChI is InChI=1S/C23H12FN4O.C11H8N.Ir/c24-17-11-10-16(21-20(17)15-8-4-5-9-19(15)29-21)23-27-22-18(12-25-13-26-22)28(23)14-6-2-1-3-7-14;1-2-6-10(7-3-1)11-8-4-5-9-12-11;/h1-9,11-13H;1-6,8-9H;/q2*-1;. The molecule has 205 valence electrons. The van der Waals surface area contributed by atoms with E-state index in [1.54, 1.807) is 12.4 Å². The molecule has 0 unspecified atom stereocenters. The number of halogens is 1. The topological polar surface area (TPSA) is 69.6 Å². The molecule has 8 rings (SSSR count). The summed E-state index contributed by atoms with van der Waals surface area (Å²) in [4.78, 5) is 17.4. The van der Waals surface area contributed by atoms with E-state index in [2.05, 4.69) is 27.1 Å². The molecule has 0 saturated heterocycles. The number of aromatic nitrogens is 5. The van der Waals surface area contributed by atoms with Gasteiger partial charge in [0.1, 0.15) is 17.4 Å². The van der Waals surface area contributed by atoms with Crippen LogP contribution in [-0.2, 0) is 20.1 Å². The second kappa shape index (κ2) is 11.8. The Morgan fingerprint density at radius 1 is 0.810 bits per heavy atom. The first-order valence-corrected chi connectivity index (χ1v) is 12.9. The molecule has 0 atom stereocenters. The Balaban J connectivity index is 0.000000205. The zero-order valence-electron chi connectivity index (χ0n) is 21.9. The van der Waals surface area contributed by atoms with Crippen LogP contribution in [-0.4, -0.2) is 24.5 Å². The van der Waals surface area contributed by atoms with Gasteiger partial charge in [-0.2, -0.15) is 0 Å². The van der Waals surface area contributed by atoms with Gasteiger partial charge in [0.2, 0.25) is 0 Å². The molecular formula is C34H20FIrN5O-2. The van der Waals surface area contributed by atoms with Crippen LogP contribution < -0.4 is 0 Å². The largest absolute Gasteiger partial charge is 0.500 e. The van der Waals surface area contributed by atoms with Gasteiger partial charge in [-0.25, -0.2) is 9.97 Å². The number of benzene rings is 4. The van der Waals surface area contributed by atoms with Crippen molar-refractivity contribution >= 4 is 33.1 Å². The van der Waals surface area contributed by atoms with E-state index >= 15 is 0 Å². The maximum atomic E-state index is 14.7. The van der Waals surface area contributed by atoms with Gasteiger partial charge in [0.25, 0.3) is 0 Å². The van der Waals surface area contributed by atoms with Crippen LogP contribution >= 0.6 is 0 Å². The van der Waals surface area contributed by atoms with Gasteiger partial charge in [-0.15, -0.1) is 48.0 Å². The summed E-state index contributed by atoms with van der Waals surface area (Å²) >= 11 is 0. The minimum atomic E-state index is -0.379. The molecule has 0 aliphatic carbocycles. The molecule has 4 aromatic heterocycles. The summed E-state index contributed by atoms with van der Waals surface area (Å²) < 4.78 is 22.7. The van der Waals surface area contributed by atoms with E-state index in [1.807, 2.05) is 102 Å². The van der Waals surface area contributed by atoms with Gasteiger partial charge in [0.15, 0.2) is 5.65 Å².